The molecule has 205 valence electrons. The predicted molar refractivity (Wildman–Crippen MR) is 165 cm³/mol. The summed E-state index contributed by atoms with van der Waals surface area (Å²) in [5.74, 6) is -0.000298. The van der Waals surface area contributed by atoms with Gasteiger partial charge in [-0.3, -0.25) is 9.59 Å². The van der Waals surface area contributed by atoms with Crippen LogP contribution in [0.1, 0.15) is 0 Å². The van der Waals surface area contributed by atoms with Gasteiger partial charge in [-0.15, -0.1) is 22.7 Å². The van der Waals surface area contributed by atoms with E-state index in [1.165, 1.54) is 22.7 Å². The first-order chi connectivity index (χ1) is 19.7. The summed E-state index contributed by atoms with van der Waals surface area (Å²) in [5, 5.41) is 11.7. The number of hydrogen-bond donors (Lipinski definition) is 2. The van der Waals surface area contributed by atoms with Crippen molar-refractivity contribution < 1.29 is 26.4 Å². The molecule has 2 aliphatic carbocycles. The fourth-order valence-corrected chi connectivity index (χ4v) is 5.02. The summed E-state index contributed by atoms with van der Waals surface area (Å²) in [5.41, 5.74) is 5.29. The molecular weight excluding hydrogens is 595 g/mol. The van der Waals surface area contributed by atoms with E-state index in [1.807, 2.05) is 83.6 Å². The fraction of sp³-hybridized carbons (Fsp3) is 0. The molecule has 2 aromatic heterocycles. The van der Waals surface area contributed by atoms with Crippen LogP contribution in [0.5, 0.6) is 0 Å². The van der Waals surface area contributed by atoms with Gasteiger partial charge in [-0.2, -0.15) is 0 Å². The van der Waals surface area contributed by atoms with Gasteiger partial charge in [0, 0.05) is 62.2 Å². The Morgan fingerprint density at radius 3 is 1.34 bits per heavy atom. The molecule has 0 aliphatic heterocycles. The summed E-state index contributed by atoms with van der Waals surface area (Å²) >= 11 is 3.03. The second kappa shape index (κ2) is 14.8. The van der Waals surface area contributed by atoms with E-state index in [9.17, 15) is 9.59 Å². The maximum Gasteiger partial charge on any atom is 0.187 e. The molecule has 9 heteroatoms. The molecule has 0 spiro atoms. The first kappa shape index (κ1) is 29.6. The van der Waals surface area contributed by atoms with E-state index in [1.54, 1.807) is 48.9 Å². The zero-order valence-electron chi connectivity index (χ0n) is 21.6. The van der Waals surface area contributed by atoms with Gasteiger partial charge in [0.05, 0.1) is 11.4 Å². The van der Waals surface area contributed by atoms with Crippen molar-refractivity contribution in [2.45, 2.75) is 0 Å². The van der Waals surface area contributed by atoms with E-state index in [0.717, 1.165) is 32.8 Å². The summed E-state index contributed by atoms with van der Waals surface area (Å²) in [6.45, 7) is 0. The van der Waals surface area contributed by atoms with Gasteiger partial charge in [0.25, 0.3) is 0 Å². The van der Waals surface area contributed by atoms with Crippen LogP contribution in [0.25, 0.3) is 22.5 Å². The Kier molecular flexibility index (Phi) is 10.7. The minimum Gasteiger partial charge on any atom is -0.337 e. The molecular formula is C32H24CoN4O2S2. The van der Waals surface area contributed by atoms with Gasteiger partial charge in [-0.25, -0.2) is 9.97 Å². The summed E-state index contributed by atoms with van der Waals surface area (Å²) in [4.78, 5) is 32.2. The number of thiazole rings is 2. The Morgan fingerprint density at radius 2 is 0.951 bits per heavy atom. The normalized spacial score (nSPS) is 15.4. The standard InChI is InChI=1S/2C16H12N2OS.Co/c2*19-15-9-5-4-8-13(15)10-17-16-18-14(11-20-16)12-6-2-1-3-7-12;/h2*1-11H,(H,17,18);. The number of ketones is 2. The van der Waals surface area contributed by atoms with E-state index >= 15 is 0 Å². The number of benzene rings is 2. The van der Waals surface area contributed by atoms with Crippen molar-refractivity contribution in [3.8, 4) is 22.5 Å². The Hall–Kier alpha value is -4.41. The first-order valence-corrected chi connectivity index (χ1v) is 14.1. The van der Waals surface area contributed by atoms with Crippen molar-refractivity contribution in [3.63, 3.8) is 0 Å². The number of allylic oxidation sites excluding steroid dienone is 10. The third-order valence-electron chi connectivity index (χ3n) is 5.69. The third-order valence-corrected chi connectivity index (χ3v) is 7.23. The maximum atomic E-state index is 11.6. The molecule has 1 radical (unpaired) electrons. The average molecular weight is 620 g/mol. The molecule has 6 rings (SSSR count). The number of aromatic nitrogens is 2. The second-order valence-electron chi connectivity index (χ2n) is 8.46. The van der Waals surface area contributed by atoms with Crippen LogP contribution in [-0.2, 0) is 26.4 Å². The van der Waals surface area contributed by atoms with Crippen LogP contribution in [0, 0.1) is 0 Å². The topological polar surface area (TPSA) is 84.0 Å². The number of carbonyl (C=O) groups is 2. The van der Waals surface area contributed by atoms with Crippen molar-refractivity contribution in [1.29, 1.82) is 0 Å². The molecule has 4 aromatic rings. The predicted octanol–water partition coefficient (Wildman–Crippen LogP) is 7.60. The van der Waals surface area contributed by atoms with E-state index in [4.69, 9.17) is 0 Å². The smallest absolute Gasteiger partial charge is 0.187 e. The van der Waals surface area contributed by atoms with E-state index < -0.39 is 0 Å². The van der Waals surface area contributed by atoms with Crippen molar-refractivity contribution >= 4 is 44.5 Å². The van der Waals surface area contributed by atoms with Crippen LogP contribution in [0.3, 0.4) is 0 Å². The number of hydrogen-bond acceptors (Lipinski definition) is 8. The zero-order chi connectivity index (χ0) is 27.6. The van der Waals surface area contributed by atoms with Crippen LogP contribution in [0.2, 0.25) is 0 Å². The number of rotatable bonds is 6. The Balaban J connectivity index is 0.000000184. The van der Waals surface area contributed by atoms with Crippen LogP contribution in [-0.4, -0.2) is 21.5 Å². The summed E-state index contributed by atoms with van der Waals surface area (Å²) in [7, 11) is 0. The second-order valence-corrected chi connectivity index (χ2v) is 10.2. The molecule has 0 saturated carbocycles. The molecule has 2 aromatic carbocycles. The summed E-state index contributed by atoms with van der Waals surface area (Å²) in [6.07, 6.45) is 17.2. The first-order valence-electron chi connectivity index (χ1n) is 12.4. The fourth-order valence-electron chi connectivity index (χ4n) is 3.64. The number of nitrogens with one attached hydrogen (secondary N) is 2. The molecule has 2 N–H and O–H groups in total. The van der Waals surface area contributed by atoms with Gasteiger partial charge in [-0.1, -0.05) is 85.0 Å². The average Bonchev–Trinajstić information content (AvgIpc) is 3.68. The SMILES string of the molecule is O=C1C=CC=CC1=CNc1nc(-c2ccccc2)cs1.O=C1C=CC=CC1=CNc1nc(-c2ccccc2)cs1.[Co]. The Bertz CT molecular complexity index is 1550. The molecule has 41 heavy (non-hydrogen) atoms. The number of carbonyl (C=O) groups excluding carboxylic acids is 2. The van der Waals surface area contributed by atoms with E-state index in [2.05, 4.69) is 20.6 Å². The monoisotopic (exact) mass is 619 g/mol. The van der Waals surface area contributed by atoms with Crippen molar-refractivity contribution in [2.24, 2.45) is 0 Å². The Morgan fingerprint density at radius 1 is 0.561 bits per heavy atom. The number of anilines is 2. The molecule has 0 atom stereocenters. The van der Waals surface area contributed by atoms with Crippen molar-refractivity contribution in [1.82, 2.24) is 9.97 Å². The van der Waals surface area contributed by atoms with Gasteiger partial charge >= 0.3 is 0 Å². The number of nitrogens with zero attached hydrogens (tertiary/aromatic N) is 2. The van der Waals surface area contributed by atoms with Crippen molar-refractivity contribution in [3.05, 3.63) is 144 Å². The van der Waals surface area contributed by atoms with Crippen LogP contribution in [0.15, 0.2) is 144 Å². The quantitative estimate of drug-likeness (QED) is 0.216. The van der Waals surface area contributed by atoms with Gasteiger partial charge < -0.3 is 10.6 Å². The summed E-state index contributed by atoms with van der Waals surface area (Å²) in [6, 6.07) is 20.0. The largest absolute Gasteiger partial charge is 0.337 e. The maximum absolute atomic E-state index is 11.6. The molecule has 0 saturated heterocycles. The van der Waals surface area contributed by atoms with Gasteiger partial charge in [0.2, 0.25) is 0 Å². The zero-order valence-corrected chi connectivity index (χ0v) is 24.2. The van der Waals surface area contributed by atoms with Gasteiger partial charge in [0.1, 0.15) is 0 Å². The van der Waals surface area contributed by atoms with Crippen molar-refractivity contribution in [2.75, 3.05) is 10.6 Å². The van der Waals surface area contributed by atoms with Gasteiger partial charge in [0.15, 0.2) is 21.8 Å². The van der Waals surface area contributed by atoms with E-state index in [0.29, 0.717) is 11.1 Å². The van der Waals surface area contributed by atoms with Crippen LogP contribution in [0.4, 0.5) is 10.3 Å². The molecule has 6 nitrogen and oxygen atoms in total. The molecule has 0 unspecified atom stereocenters. The third kappa shape index (κ3) is 8.29. The van der Waals surface area contributed by atoms with Crippen LogP contribution < -0.4 is 10.6 Å². The molecule has 2 heterocycles. The molecule has 2 aliphatic rings. The Labute approximate surface area is 256 Å². The van der Waals surface area contributed by atoms with Gasteiger partial charge in [-0.05, 0) is 24.3 Å². The molecule has 0 amide bonds. The summed E-state index contributed by atoms with van der Waals surface area (Å²) < 4.78 is 0. The molecule has 0 bridgehead atoms. The minimum absolute atomic E-state index is 0. The minimum atomic E-state index is -0.000149. The van der Waals surface area contributed by atoms with E-state index in [-0.39, 0.29) is 28.3 Å². The van der Waals surface area contributed by atoms with Crippen LogP contribution >= 0.6 is 22.7 Å². The molecule has 0 fully saturated rings.